The molecular weight excluding hydrogens is 387 g/mol. The number of fused-ring (bicyclic) bond motifs is 5. The molecule has 3 heterocycles. The van der Waals surface area contributed by atoms with Gasteiger partial charge in [-0.2, -0.15) is 0 Å². The smallest absolute Gasteiger partial charge is 0.260 e. The van der Waals surface area contributed by atoms with Gasteiger partial charge in [0.05, 0.1) is 15.0 Å². The van der Waals surface area contributed by atoms with Gasteiger partial charge in [0.1, 0.15) is 17.6 Å². The minimum Gasteiger partial charge on any atom is -0.482 e. The molecule has 2 N–H and O–H groups in total. The molecule has 8 nitrogen and oxygen atoms in total. The van der Waals surface area contributed by atoms with Crippen molar-refractivity contribution < 1.29 is 23.5 Å². The summed E-state index contributed by atoms with van der Waals surface area (Å²) >= 11 is 0. The molecule has 0 radical (unpaired) electrons. The average molecular weight is 413 g/mol. The minimum atomic E-state index is -3.33. The van der Waals surface area contributed by atoms with Gasteiger partial charge in [-0.05, 0) is 36.7 Å². The van der Waals surface area contributed by atoms with E-state index < -0.39 is 49.3 Å². The van der Waals surface area contributed by atoms with Crippen molar-refractivity contribution >= 4 is 17.5 Å². The number of hydrogen-bond acceptors (Lipinski definition) is 5. The summed E-state index contributed by atoms with van der Waals surface area (Å²) < 4.78 is 78.0. The van der Waals surface area contributed by atoms with Crippen LogP contribution in [0.1, 0.15) is 44.1 Å². The van der Waals surface area contributed by atoms with Crippen LogP contribution in [0.3, 0.4) is 0 Å². The Hall–Kier alpha value is -3.93. The van der Waals surface area contributed by atoms with Gasteiger partial charge in [-0.3, -0.25) is 4.79 Å². The maximum Gasteiger partial charge on any atom is 0.260 e. The van der Waals surface area contributed by atoms with Crippen molar-refractivity contribution in [2.75, 3.05) is 12.7 Å². The number of nitrogen functional groups attached to an aromatic ring is 1. The molecule has 0 spiro atoms. The highest BCUT2D eigenvalue weighted by Crippen LogP contribution is 2.38. The van der Waals surface area contributed by atoms with Gasteiger partial charge < -0.3 is 20.2 Å². The summed E-state index contributed by atoms with van der Waals surface area (Å²) in [5, 5.41) is 4.23. The van der Waals surface area contributed by atoms with Gasteiger partial charge in [-0.25, -0.2) is 14.1 Å². The monoisotopic (exact) mass is 413 g/mol. The van der Waals surface area contributed by atoms with E-state index >= 15 is 0 Å². The second-order valence-corrected chi connectivity index (χ2v) is 6.50. The molecule has 1 atom stereocenters. The molecular formula is C21H19FN6O2. The zero-order chi connectivity index (χ0) is 27.5. The van der Waals surface area contributed by atoms with Crippen molar-refractivity contribution in [1.82, 2.24) is 19.7 Å². The number of carbonyl (C=O) groups excluding carboxylic acids is 1. The van der Waals surface area contributed by atoms with Gasteiger partial charge in [0.15, 0.2) is 11.6 Å². The maximum absolute atomic E-state index is 14.4. The molecule has 1 amide bonds. The largest absolute Gasteiger partial charge is 0.482 e. The maximum atomic E-state index is 14.4. The summed E-state index contributed by atoms with van der Waals surface area (Å²) in [5.41, 5.74) is 4.87. The number of nitrogens with zero attached hydrogens (tertiary/aromatic N) is 5. The molecule has 3 aromatic rings. The number of halogens is 1. The van der Waals surface area contributed by atoms with E-state index in [1.807, 2.05) is 0 Å². The normalized spacial score (nSPS) is 22.6. The zero-order valence-electron chi connectivity index (χ0n) is 22.6. The van der Waals surface area contributed by atoms with E-state index in [9.17, 15) is 9.18 Å². The number of rotatable bonds is 0. The molecule has 1 aromatic carbocycles. The van der Waals surface area contributed by atoms with Gasteiger partial charge in [0.2, 0.25) is 0 Å². The van der Waals surface area contributed by atoms with Crippen LogP contribution >= 0.6 is 0 Å². The fourth-order valence-corrected chi connectivity index (χ4v) is 3.20. The first-order chi connectivity index (χ1) is 17.1. The lowest BCUT2D eigenvalue weighted by atomic mass is 10.0. The van der Waals surface area contributed by atoms with Gasteiger partial charge in [-0.15, -0.1) is 5.10 Å². The third-order valence-electron chi connectivity index (χ3n) is 4.59. The second kappa shape index (κ2) is 7.15. The van der Waals surface area contributed by atoms with Crippen LogP contribution in [0.25, 0.3) is 16.0 Å². The molecule has 1 aliphatic heterocycles. The van der Waals surface area contributed by atoms with Crippen molar-refractivity contribution in [3.63, 3.8) is 0 Å². The molecule has 0 saturated heterocycles. The number of nitrogens with two attached hydrogens (primary N) is 1. The Morgan fingerprint density at radius 1 is 1.47 bits per heavy atom. The van der Waals surface area contributed by atoms with E-state index in [1.165, 1.54) is 24.0 Å². The minimum absolute atomic E-state index is 0.0210. The van der Waals surface area contributed by atoms with Gasteiger partial charge >= 0.3 is 0 Å². The first kappa shape index (κ1) is 12.6. The van der Waals surface area contributed by atoms with Crippen molar-refractivity contribution in [3.05, 3.63) is 64.5 Å². The topological polar surface area (TPSA) is 90.6 Å². The molecule has 2 bridgehead atoms. The van der Waals surface area contributed by atoms with Crippen LogP contribution in [-0.4, -0.2) is 32.5 Å². The highest BCUT2D eigenvalue weighted by Gasteiger charge is 2.27. The second-order valence-electron chi connectivity index (χ2n) is 6.50. The number of carbonyl (C=O) groups is 1. The summed E-state index contributed by atoms with van der Waals surface area (Å²) in [5.74, 6) is -2.94. The summed E-state index contributed by atoms with van der Waals surface area (Å²) in [7, 11) is 1.45. The first-order valence-electron chi connectivity index (χ1n) is 12.1. The number of anilines is 1. The standard InChI is InChI=1S/C21H19FN6O2/c1-11-15-8-13(22)5-6-14(15)21(29)27(3)10-16-18(20(24-2)28(4)26-16)12-7-17(30-11)19(23)25-9-12/h5-9,11H,10H2,1,3-4H3,(H2,23,25)/i1D3,3D3,11D. The van der Waals surface area contributed by atoms with Crippen molar-refractivity contribution in [3.8, 4) is 16.9 Å². The molecule has 1 aliphatic rings. The van der Waals surface area contributed by atoms with Crippen LogP contribution in [0.15, 0.2) is 30.5 Å². The fourth-order valence-electron chi connectivity index (χ4n) is 3.20. The zero-order valence-corrected chi connectivity index (χ0v) is 15.6. The predicted octanol–water partition coefficient (Wildman–Crippen LogP) is 3.48. The van der Waals surface area contributed by atoms with Crippen LogP contribution in [0.4, 0.5) is 16.0 Å². The number of pyridine rings is 1. The number of benzene rings is 1. The molecule has 152 valence electrons. The van der Waals surface area contributed by atoms with Gasteiger partial charge in [0, 0.05) is 38.1 Å². The SMILES string of the molecule is [2H]C([2H])([2H])N1Cc2nn(C)c([N+]#[C-])c2-c2cnc(N)c(c2)OC([2H])(C([2H])([2H])[2H])c2cc(F)ccc2C1=O. The summed E-state index contributed by atoms with van der Waals surface area (Å²) in [4.78, 5) is 21.5. The number of hydrogen-bond donors (Lipinski definition) is 1. The van der Waals surface area contributed by atoms with Gasteiger partial charge in [0.25, 0.3) is 11.7 Å². The first-order valence-corrected chi connectivity index (χ1v) is 8.58. The molecule has 2 aromatic heterocycles. The molecule has 4 rings (SSSR count). The molecule has 1 unspecified atom stereocenters. The highest BCUT2D eigenvalue weighted by atomic mass is 19.1. The Balaban J connectivity index is 2.15. The lowest BCUT2D eigenvalue weighted by molar-refractivity contribution is 0.0778. The van der Waals surface area contributed by atoms with E-state index in [4.69, 9.17) is 26.6 Å². The van der Waals surface area contributed by atoms with Crippen molar-refractivity contribution in [2.24, 2.45) is 7.05 Å². The Kier molecular flexibility index (Phi) is 3.00. The lowest BCUT2D eigenvalue weighted by Gasteiger charge is -2.23. The Labute approximate surface area is 182 Å². The highest BCUT2D eigenvalue weighted by molar-refractivity contribution is 5.96. The van der Waals surface area contributed by atoms with Crippen molar-refractivity contribution in [2.45, 2.75) is 19.5 Å². The molecule has 30 heavy (non-hydrogen) atoms. The van der Waals surface area contributed by atoms with Gasteiger partial charge in [-0.1, -0.05) is 6.57 Å². The van der Waals surface area contributed by atoms with Crippen LogP contribution in [-0.2, 0) is 13.6 Å². The van der Waals surface area contributed by atoms with Crippen LogP contribution in [0.5, 0.6) is 5.75 Å². The molecule has 0 aliphatic carbocycles. The van der Waals surface area contributed by atoms with E-state index in [0.717, 1.165) is 12.1 Å². The molecule has 0 fully saturated rings. The van der Waals surface area contributed by atoms with E-state index in [1.54, 1.807) is 0 Å². The number of aryl methyl sites for hydroxylation is 1. The predicted molar refractivity (Wildman–Crippen MR) is 108 cm³/mol. The number of amides is 1. The van der Waals surface area contributed by atoms with Crippen LogP contribution < -0.4 is 10.5 Å². The number of ether oxygens (including phenoxy) is 1. The molecule has 9 heteroatoms. The van der Waals surface area contributed by atoms with Crippen molar-refractivity contribution in [1.29, 1.82) is 0 Å². The Bertz CT molecular complexity index is 1460. The third kappa shape index (κ3) is 3.12. The third-order valence-corrected chi connectivity index (χ3v) is 4.59. The molecule has 0 saturated carbocycles. The van der Waals surface area contributed by atoms with Crippen LogP contribution in [0, 0.1) is 12.4 Å². The fraction of sp³-hybridized carbons (Fsp3) is 0.238. The lowest BCUT2D eigenvalue weighted by Crippen LogP contribution is -2.28. The average Bonchev–Trinajstić information content (AvgIpc) is 3.11. The van der Waals surface area contributed by atoms with E-state index in [2.05, 4.69) is 14.9 Å². The summed E-state index contributed by atoms with van der Waals surface area (Å²) in [6.07, 6.45) is -1.88. The van der Waals surface area contributed by atoms with Crippen LogP contribution in [0.2, 0.25) is 0 Å². The summed E-state index contributed by atoms with van der Waals surface area (Å²) in [6, 6.07) is 3.58. The quantitative estimate of drug-likeness (QED) is 0.570. The van der Waals surface area contributed by atoms with E-state index in [-0.39, 0.29) is 34.2 Å². The Morgan fingerprint density at radius 3 is 3.03 bits per heavy atom. The number of aromatic nitrogens is 3. The Morgan fingerprint density at radius 2 is 2.30 bits per heavy atom. The summed E-state index contributed by atoms with van der Waals surface area (Å²) in [6.45, 7) is 0.551. The van der Waals surface area contributed by atoms with E-state index in [0.29, 0.717) is 11.0 Å².